The van der Waals surface area contributed by atoms with Crippen molar-refractivity contribution >= 4 is 17.7 Å². The number of rotatable bonds is 4. The van der Waals surface area contributed by atoms with Crippen molar-refractivity contribution in [2.75, 3.05) is 0 Å². The lowest BCUT2D eigenvalue weighted by Gasteiger charge is -2.41. The van der Waals surface area contributed by atoms with Crippen molar-refractivity contribution in [2.45, 2.75) is 74.0 Å². The Bertz CT molecular complexity index is 733. The van der Waals surface area contributed by atoms with E-state index in [9.17, 15) is 14.4 Å². The molecule has 5 nitrogen and oxygen atoms in total. The molecule has 1 spiro atoms. The molecule has 3 rings (SSSR count). The van der Waals surface area contributed by atoms with E-state index in [0.717, 1.165) is 0 Å². The topological polar surface area (TPSA) is 69.7 Å². The van der Waals surface area contributed by atoms with Crippen molar-refractivity contribution in [1.82, 2.24) is 0 Å². The molecular weight excluding hydrogens is 356 g/mol. The molecule has 3 aliphatic carbocycles. The predicted octanol–water partition coefficient (Wildman–Crippen LogP) is 3.95. The Morgan fingerprint density at radius 2 is 1.57 bits per heavy atom. The van der Waals surface area contributed by atoms with Crippen molar-refractivity contribution in [3.05, 3.63) is 12.2 Å². The van der Waals surface area contributed by atoms with Crippen molar-refractivity contribution in [3.63, 3.8) is 0 Å². The molecule has 0 N–H and O–H groups in total. The van der Waals surface area contributed by atoms with Crippen molar-refractivity contribution in [1.29, 1.82) is 0 Å². The maximum absolute atomic E-state index is 13.2. The summed E-state index contributed by atoms with van der Waals surface area (Å²) in [6.45, 7) is 15.4. The van der Waals surface area contributed by atoms with E-state index in [2.05, 4.69) is 20.8 Å². The van der Waals surface area contributed by atoms with E-state index in [1.165, 1.54) is 0 Å². The first-order valence-corrected chi connectivity index (χ1v) is 10.5. The lowest BCUT2D eigenvalue weighted by Crippen LogP contribution is -2.49. The first-order valence-electron chi connectivity index (χ1n) is 10.5. The fraction of sp³-hybridized carbons (Fsp3) is 0.783. The molecule has 28 heavy (non-hydrogen) atoms. The fourth-order valence-corrected chi connectivity index (χ4v) is 6.45. The van der Waals surface area contributed by atoms with E-state index in [-0.39, 0.29) is 47.5 Å². The van der Waals surface area contributed by atoms with Crippen LogP contribution in [0.2, 0.25) is 0 Å². The van der Waals surface area contributed by atoms with E-state index in [1.807, 2.05) is 26.8 Å². The molecule has 0 saturated heterocycles. The number of hydrogen-bond acceptors (Lipinski definition) is 5. The third-order valence-corrected chi connectivity index (χ3v) is 7.66. The van der Waals surface area contributed by atoms with Crippen LogP contribution in [-0.4, -0.2) is 29.9 Å². The van der Waals surface area contributed by atoms with Crippen molar-refractivity contribution in [2.24, 2.45) is 39.9 Å². The van der Waals surface area contributed by atoms with Gasteiger partial charge in [0.2, 0.25) is 0 Å². The van der Waals surface area contributed by atoms with Crippen LogP contribution in [0.1, 0.15) is 61.8 Å². The molecule has 3 aliphatic rings. The molecule has 2 saturated carbocycles. The van der Waals surface area contributed by atoms with Gasteiger partial charge in [-0.1, -0.05) is 54.5 Å². The number of carbonyl (C=O) groups excluding carboxylic acids is 3. The molecule has 0 heterocycles. The highest BCUT2D eigenvalue weighted by atomic mass is 16.6. The van der Waals surface area contributed by atoms with E-state index in [0.29, 0.717) is 6.42 Å². The molecule has 2 fully saturated rings. The Hall–Kier alpha value is -1.65. The number of carbonyl (C=O) groups is 3. The second-order valence-electron chi connectivity index (χ2n) is 10.4. The summed E-state index contributed by atoms with van der Waals surface area (Å²) in [7, 11) is 0. The maximum Gasteiger partial charge on any atom is 0.308 e. The number of esters is 2. The summed E-state index contributed by atoms with van der Waals surface area (Å²) in [5.41, 5.74) is -1.83. The van der Waals surface area contributed by atoms with Crippen molar-refractivity contribution in [3.8, 4) is 0 Å². The highest BCUT2D eigenvalue weighted by Gasteiger charge is 2.80. The Morgan fingerprint density at radius 1 is 1.04 bits per heavy atom. The number of ether oxygens (including phenoxy) is 2. The second-order valence-corrected chi connectivity index (χ2v) is 10.4. The third-order valence-electron chi connectivity index (χ3n) is 7.66. The quantitative estimate of drug-likeness (QED) is 0.680. The van der Waals surface area contributed by atoms with E-state index in [4.69, 9.17) is 9.47 Å². The summed E-state index contributed by atoms with van der Waals surface area (Å²) in [6.07, 6.45) is 3.54. The zero-order valence-electron chi connectivity index (χ0n) is 18.4. The van der Waals surface area contributed by atoms with Gasteiger partial charge in [-0.2, -0.15) is 0 Å². The van der Waals surface area contributed by atoms with Gasteiger partial charge in [-0.05, 0) is 25.3 Å². The molecule has 0 bridgehead atoms. The molecule has 0 aromatic carbocycles. The van der Waals surface area contributed by atoms with Gasteiger partial charge in [-0.3, -0.25) is 14.4 Å². The zero-order valence-corrected chi connectivity index (χ0v) is 18.4. The molecule has 0 aromatic heterocycles. The van der Waals surface area contributed by atoms with Gasteiger partial charge in [0, 0.05) is 16.7 Å². The molecule has 5 heteroatoms. The van der Waals surface area contributed by atoms with Crippen LogP contribution in [0.5, 0.6) is 0 Å². The van der Waals surface area contributed by atoms with Crippen LogP contribution < -0.4 is 0 Å². The van der Waals surface area contributed by atoms with Crippen LogP contribution in [0.15, 0.2) is 12.2 Å². The predicted molar refractivity (Wildman–Crippen MR) is 105 cm³/mol. The van der Waals surface area contributed by atoms with Gasteiger partial charge in [0.1, 0.15) is 12.2 Å². The van der Waals surface area contributed by atoms with Gasteiger partial charge >= 0.3 is 11.9 Å². The normalized spacial score (nSPS) is 40.7. The first-order chi connectivity index (χ1) is 12.8. The maximum atomic E-state index is 13.2. The van der Waals surface area contributed by atoms with Crippen LogP contribution >= 0.6 is 0 Å². The molecule has 0 unspecified atom stereocenters. The third kappa shape index (κ3) is 2.47. The molecule has 0 aliphatic heterocycles. The molecule has 0 aromatic rings. The summed E-state index contributed by atoms with van der Waals surface area (Å²) >= 11 is 0. The lowest BCUT2D eigenvalue weighted by molar-refractivity contribution is -0.172. The SMILES string of the molecule is CC(C)C(=O)O[C@@H]1C[C@@H](C)[C@]23C=CC(=O)[C@@]2(C)[C@@H](OC(=O)C(C)C)C(C)(C)[C@H]13. The minimum absolute atomic E-state index is 0.00678. The highest BCUT2D eigenvalue weighted by molar-refractivity contribution is 6.00. The van der Waals surface area contributed by atoms with Crippen LogP contribution in [-0.2, 0) is 23.9 Å². The van der Waals surface area contributed by atoms with E-state index < -0.39 is 22.3 Å². The molecule has 6 atom stereocenters. The Kier molecular flexibility index (Phi) is 4.84. The molecular formula is C23H34O5. The van der Waals surface area contributed by atoms with E-state index >= 15 is 0 Å². The Morgan fingerprint density at radius 3 is 2.11 bits per heavy atom. The summed E-state index contributed by atoms with van der Waals surface area (Å²) in [6, 6.07) is 0. The molecule has 156 valence electrons. The Balaban J connectivity index is 2.10. The minimum atomic E-state index is -0.843. The largest absolute Gasteiger partial charge is 0.462 e. The zero-order chi connectivity index (χ0) is 21.2. The minimum Gasteiger partial charge on any atom is -0.462 e. The standard InChI is InChI=1S/C23H34O5/c1-12(2)18(25)27-15-11-14(5)23-10-9-16(24)22(23,8)20(21(6,7)17(15)23)28-19(26)13(3)4/h9-10,12-15,17,20H,11H2,1-8H3/t14-,15-,17+,20+,22+,23+/m1/s1. The summed E-state index contributed by atoms with van der Waals surface area (Å²) in [5.74, 6) is -0.939. The van der Waals surface area contributed by atoms with E-state index in [1.54, 1.807) is 19.9 Å². The van der Waals surface area contributed by atoms with Gasteiger partial charge < -0.3 is 9.47 Å². The van der Waals surface area contributed by atoms with Crippen LogP contribution in [0.25, 0.3) is 0 Å². The van der Waals surface area contributed by atoms with Gasteiger partial charge in [-0.15, -0.1) is 0 Å². The fourth-order valence-electron chi connectivity index (χ4n) is 6.45. The van der Waals surface area contributed by atoms with Crippen molar-refractivity contribution < 1.29 is 23.9 Å². The summed E-state index contributed by atoms with van der Waals surface area (Å²) in [4.78, 5) is 38.1. The smallest absolute Gasteiger partial charge is 0.308 e. The summed E-state index contributed by atoms with van der Waals surface area (Å²) in [5, 5.41) is 0. The average molecular weight is 391 g/mol. The van der Waals surface area contributed by atoms with Crippen LogP contribution in [0.3, 0.4) is 0 Å². The van der Waals surface area contributed by atoms with Crippen LogP contribution in [0, 0.1) is 39.9 Å². The average Bonchev–Trinajstić information content (AvgIpc) is 3.07. The number of hydrogen-bond donors (Lipinski definition) is 0. The number of allylic oxidation sites excluding steroid dienone is 2. The Labute approximate surface area is 168 Å². The van der Waals surface area contributed by atoms with Gasteiger partial charge in [-0.25, -0.2) is 0 Å². The number of ketones is 1. The van der Waals surface area contributed by atoms with Crippen LogP contribution in [0.4, 0.5) is 0 Å². The molecule has 0 amide bonds. The van der Waals surface area contributed by atoms with Gasteiger partial charge in [0.25, 0.3) is 0 Å². The highest BCUT2D eigenvalue weighted by Crippen LogP contribution is 2.75. The lowest BCUT2D eigenvalue weighted by atomic mass is 9.61. The monoisotopic (exact) mass is 390 g/mol. The first kappa shape index (κ1) is 21.1. The second kappa shape index (κ2) is 6.43. The molecule has 0 radical (unpaired) electrons. The van der Waals surface area contributed by atoms with Gasteiger partial charge in [0.05, 0.1) is 17.3 Å². The van der Waals surface area contributed by atoms with Gasteiger partial charge in [0.15, 0.2) is 5.78 Å². The summed E-state index contributed by atoms with van der Waals surface area (Å²) < 4.78 is 12.0.